The summed E-state index contributed by atoms with van der Waals surface area (Å²) in [5.74, 6) is -1.48. The molecule has 0 spiro atoms. The largest absolute Gasteiger partial charge is 0.475 e. The first-order valence-electron chi connectivity index (χ1n) is 2.75. The lowest BCUT2D eigenvalue weighted by Crippen LogP contribution is -2.07. The number of carbonyl (C=O) groups excluding carboxylic acids is 1. The summed E-state index contributed by atoms with van der Waals surface area (Å²) >= 11 is 1.71. The summed E-state index contributed by atoms with van der Waals surface area (Å²) in [6.45, 7) is 0. The van der Waals surface area contributed by atoms with E-state index in [2.05, 4.69) is 4.98 Å². The van der Waals surface area contributed by atoms with Crippen molar-refractivity contribution >= 4 is 39.3 Å². The van der Waals surface area contributed by atoms with Gasteiger partial charge in [0.05, 0.1) is 0 Å². The molecule has 0 amide bonds. The van der Waals surface area contributed by atoms with E-state index in [4.69, 9.17) is 10.8 Å². The van der Waals surface area contributed by atoms with E-state index in [1.807, 2.05) is 0 Å². The van der Waals surface area contributed by atoms with Crippen LogP contribution in [0.25, 0.3) is 0 Å². The molecule has 0 aliphatic rings. The highest BCUT2D eigenvalue weighted by Crippen LogP contribution is 2.22. The highest BCUT2D eigenvalue weighted by molar-refractivity contribution is 8.15. The Labute approximate surface area is 75.6 Å². The first kappa shape index (κ1) is 9.01. The lowest BCUT2D eigenvalue weighted by Gasteiger charge is -1.88. The van der Waals surface area contributed by atoms with Crippen molar-refractivity contribution in [2.75, 3.05) is 5.73 Å². The predicted octanol–water partition coefficient (Wildman–Crippen LogP) is 0.429. The number of thioether (sulfide) groups is 1. The van der Waals surface area contributed by atoms with Crippen LogP contribution in [0, 0.1) is 0 Å². The molecule has 0 radical (unpaired) electrons. The van der Waals surface area contributed by atoms with Gasteiger partial charge in [-0.05, 0) is 11.8 Å². The number of hydrogen-bond donors (Lipinski definition) is 2. The summed E-state index contributed by atoms with van der Waals surface area (Å²) in [6, 6.07) is 0. The van der Waals surface area contributed by atoms with Crippen LogP contribution in [0.5, 0.6) is 0 Å². The number of carboxylic acids is 1. The van der Waals surface area contributed by atoms with E-state index < -0.39 is 11.1 Å². The summed E-state index contributed by atoms with van der Waals surface area (Å²) in [7, 11) is 0. The molecular formula is C5H4N2O3S2. The third kappa shape index (κ3) is 2.21. The molecule has 7 heteroatoms. The van der Waals surface area contributed by atoms with Gasteiger partial charge in [0.15, 0.2) is 5.13 Å². The van der Waals surface area contributed by atoms with Crippen molar-refractivity contribution in [3.63, 3.8) is 0 Å². The number of thiazole rings is 1. The molecule has 0 aliphatic heterocycles. The molecule has 0 fully saturated rings. The molecule has 1 heterocycles. The first-order chi connectivity index (χ1) is 5.59. The Morgan fingerprint density at radius 3 is 2.75 bits per heavy atom. The highest BCUT2D eigenvalue weighted by atomic mass is 32.2. The minimum atomic E-state index is -1.48. The average molecular weight is 204 g/mol. The maximum Gasteiger partial charge on any atom is 0.383 e. The van der Waals surface area contributed by atoms with Gasteiger partial charge in [-0.3, -0.25) is 4.79 Å². The van der Waals surface area contributed by atoms with Crippen molar-refractivity contribution in [2.45, 2.75) is 5.03 Å². The van der Waals surface area contributed by atoms with Gasteiger partial charge in [-0.25, -0.2) is 9.78 Å². The van der Waals surface area contributed by atoms with Gasteiger partial charge in [-0.2, -0.15) is 0 Å². The molecule has 1 aromatic heterocycles. The number of nitrogens with zero attached hydrogens (tertiary/aromatic N) is 1. The number of aromatic nitrogens is 1. The molecule has 3 N–H and O–H groups in total. The Morgan fingerprint density at radius 2 is 2.33 bits per heavy atom. The molecule has 1 rings (SSSR count). The Bertz CT molecular complexity index is 322. The number of hydrogen-bond acceptors (Lipinski definition) is 6. The van der Waals surface area contributed by atoms with Gasteiger partial charge in [0, 0.05) is 5.38 Å². The molecule has 64 valence electrons. The molecule has 0 saturated heterocycles. The third-order valence-corrected chi connectivity index (χ3v) is 2.47. The monoisotopic (exact) mass is 204 g/mol. The second kappa shape index (κ2) is 3.55. The Balaban J connectivity index is 2.64. The third-order valence-electron chi connectivity index (χ3n) is 0.873. The van der Waals surface area contributed by atoms with Crippen molar-refractivity contribution in [1.82, 2.24) is 4.98 Å². The number of rotatable bonds is 1. The maximum atomic E-state index is 10.6. The van der Waals surface area contributed by atoms with Gasteiger partial charge >= 0.3 is 11.1 Å². The van der Waals surface area contributed by atoms with Crippen LogP contribution in [0.1, 0.15) is 0 Å². The second-order valence-corrected chi connectivity index (χ2v) is 3.60. The van der Waals surface area contributed by atoms with E-state index >= 15 is 0 Å². The van der Waals surface area contributed by atoms with E-state index in [-0.39, 0.29) is 0 Å². The van der Waals surface area contributed by atoms with Gasteiger partial charge in [0.25, 0.3) is 0 Å². The normalized spacial score (nSPS) is 9.67. The van der Waals surface area contributed by atoms with Gasteiger partial charge in [-0.15, -0.1) is 11.3 Å². The smallest absolute Gasteiger partial charge is 0.383 e. The summed E-state index contributed by atoms with van der Waals surface area (Å²) in [4.78, 5) is 24.4. The Morgan fingerprint density at radius 1 is 1.67 bits per heavy atom. The number of anilines is 1. The van der Waals surface area contributed by atoms with Crippen molar-refractivity contribution in [1.29, 1.82) is 0 Å². The van der Waals surface area contributed by atoms with Gasteiger partial charge in [0.2, 0.25) is 0 Å². The number of carboxylic acid groups (broad SMARTS) is 1. The van der Waals surface area contributed by atoms with Crippen molar-refractivity contribution in [3.05, 3.63) is 5.38 Å². The van der Waals surface area contributed by atoms with Crippen molar-refractivity contribution < 1.29 is 14.7 Å². The fourth-order valence-corrected chi connectivity index (χ4v) is 1.70. The molecule has 0 unspecified atom stereocenters. The summed E-state index contributed by atoms with van der Waals surface area (Å²) in [5, 5.41) is 9.43. The van der Waals surface area contributed by atoms with Crippen molar-refractivity contribution in [3.8, 4) is 0 Å². The molecule has 1 aromatic rings. The minimum absolute atomic E-state index is 0.315. The fourth-order valence-electron chi connectivity index (χ4n) is 0.458. The topological polar surface area (TPSA) is 93.3 Å². The van der Waals surface area contributed by atoms with Crippen LogP contribution in [0.3, 0.4) is 0 Å². The summed E-state index contributed by atoms with van der Waals surface area (Å²) < 4.78 is 0. The van der Waals surface area contributed by atoms with E-state index in [1.54, 1.807) is 0 Å². The zero-order valence-corrected chi connectivity index (χ0v) is 7.32. The maximum absolute atomic E-state index is 10.6. The van der Waals surface area contributed by atoms with E-state index in [0.29, 0.717) is 21.9 Å². The minimum Gasteiger partial charge on any atom is -0.475 e. The summed E-state index contributed by atoms with van der Waals surface area (Å²) in [5.41, 5.74) is 5.27. The average Bonchev–Trinajstić information content (AvgIpc) is 2.35. The van der Waals surface area contributed by atoms with Crippen LogP contribution in [0.2, 0.25) is 0 Å². The van der Waals surface area contributed by atoms with Gasteiger partial charge in [0.1, 0.15) is 5.03 Å². The van der Waals surface area contributed by atoms with Crippen LogP contribution in [-0.4, -0.2) is 21.2 Å². The Kier molecular flexibility index (Phi) is 2.66. The van der Waals surface area contributed by atoms with Crippen LogP contribution >= 0.6 is 23.1 Å². The van der Waals surface area contributed by atoms with Gasteiger partial charge < -0.3 is 10.8 Å². The standard InChI is InChI=1S/C5H4N2O3S2/c6-5-7-2(1-11-5)12-4(10)3(8)9/h1H,(H2,6,7)(H,8,9). The molecule has 0 saturated carbocycles. The second-order valence-electron chi connectivity index (χ2n) is 1.72. The lowest BCUT2D eigenvalue weighted by atomic mass is 10.8. The van der Waals surface area contributed by atoms with Crippen LogP contribution in [0.15, 0.2) is 10.4 Å². The molecular weight excluding hydrogens is 200 g/mol. The van der Waals surface area contributed by atoms with Crippen LogP contribution in [-0.2, 0) is 9.59 Å². The Hall–Kier alpha value is -1.08. The van der Waals surface area contributed by atoms with Crippen molar-refractivity contribution in [2.24, 2.45) is 0 Å². The number of aliphatic carboxylic acids is 1. The lowest BCUT2D eigenvalue weighted by molar-refractivity contribution is -0.144. The van der Waals surface area contributed by atoms with Gasteiger partial charge in [-0.1, -0.05) is 0 Å². The van der Waals surface area contributed by atoms with E-state index in [1.165, 1.54) is 5.38 Å². The molecule has 0 aliphatic carbocycles. The number of carbonyl (C=O) groups is 2. The zero-order valence-electron chi connectivity index (χ0n) is 5.68. The SMILES string of the molecule is Nc1nc(SC(=O)C(=O)O)cs1. The van der Waals surface area contributed by atoms with Crippen LogP contribution < -0.4 is 5.73 Å². The first-order valence-corrected chi connectivity index (χ1v) is 4.45. The molecule has 0 bridgehead atoms. The van der Waals surface area contributed by atoms with E-state index in [0.717, 1.165) is 11.3 Å². The molecule has 0 aromatic carbocycles. The predicted molar refractivity (Wildman–Crippen MR) is 45.0 cm³/mol. The van der Waals surface area contributed by atoms with Crippen LogP contribution in [0.4, 0.5) is 5.13 Å². The highest BCUT2D eigenvalue weighted by Gasteiger charge is 2.14. The molecule has 5 nitrogen and oxygen atoms in total. The fraction of sp³-hybridized carbons (Fsp3) is 0. The number of nitrogens with two attached hydrogens (primary N) is 1. The van der Waals surface area contributed by atoms with E-state index in [9.17, 15) is 9.59 Å². The molecule has 0 atom stereocenters. The molecule has 12 heavy (non-hydrogen) atoms. The zero-order chi connectivity index (χ0) is 9.14. The quantitative estimate of drug-likeness (QED) is 0.509. The number of nitrogen functional groups attached to an aromatic ring is 1. The summed E-state index contributed by atoms with van der Waals surface area (Å²) in [6.07, 6.45) is 0.